The van der Waals surface area contributed by atoms with Crippen LogP contribution in [0.2, 0.25) is 0 Å². The molecule has 6 heteroatoms. The molecule has 2 unspecified atom stereocenters. The predicted molar refractivity (Wildman–Crippen MR) is 71.4 cm³/mol. The lowest BCUT2D eigenvalue weighted by Gasteiger charge is -2.52. The zero-order valence-electron chi connectivity index (χ0n) is 10.8. The molecule has 18 heavy (non-hydrogen) atoms. The largest absolute Gasteiger partial charge is 0.465 e. The van der Waals surface area contributed by atoms with Crippen LogP contribution in [0.5, 0.6) is 0 Å². The first kappa shape index (κ1) is 13.4. The van der Waals surface area contributed by atoms with E-state index in [-0.39, 0.29) is 11.5 Å². The van der Waals surface area contributed by atoms with E-state index in [9.17, 15) is 4.79 Å². The normalized spacial score (nSPS) is 23.9. The van der Waals surface area contributed by atoms with Gasteiger partial charge in [0, 0.05) is 31.2 Å². The van der Waals surface area contributed by atoms with E-state index >= 15 is 0 Å². The molecule has 2 rings (SSSR count). The Kier molecular flexibility index (Phi) is 3.40. The molecule has 1 fully saturated rings. The molecule has 1 amide bonds. The number of hydrogen-bond acceptors (Lipinski definition) is 2. The molecule has 1 aromatic rings. The van der Waals surface area contributed by atoms with Crippen LogP contribution in [0.25, 0.3) is 0 Å². The number of rotatable bonds is 2. The summed E-state index contributed by atoms with van der Waals surface area (Å²) in [6, 6.07) is 0.0537. The van der Waals surface area contributed by atoms with Crippen molar-refractivity contribution in [1.29, 1.82) is 0 Å². The van der Waals surface area contributed by atoms with Gasteiger partial charge in [-0.15, -0.1) is 0 Å². The summed E-state index contributed by atoms with van der Waals surface area (Å²) in [4.78, 5) is 12.7. The summed E-state index contributed by atoms with van der Waals surface area (Å²) < 4.78 is 2.82. The quantitative estimate of drug-likeness (QED) is 0.912. The predicted octanol–water partition coefficient (Wildman–Crippen LogP) is 2.67. The highest BCUT2D eigenvalue weighted by molar-refractivity contribution is 9.10. The Bertz CT molecular complexity index is 452. The number of nitrogens with zero attached hydrogens (tertiary/aromatic N) is 3. The van der Waals surface area contributed by atoms with Crippen LogP contribution in [0.3, 0.4) is 0 Å². The summed E-state index contributed by atoms with van der Waals surface area (Å²) in [6.45, 7) is 7.60. The molecule has 1 aromatic heterocycles. The number of aromatic nitrogens is 2. The van der Waals surface area contributed by atoms with E-state index in [2.05, 4.69) is 41.8 Å². The van der Waals surface area contributed by atoms with Gasteiger partial charge in [-0.2, -0.15) is 5.10 Å². The summed E-state index contributed by atoms with van der Waals surface area (Å²) in [5, 5.41) is 13.4. The molecule has 2 heterocycles. The van der Waals surface area contributed by atoms with Crippen molar-refractivity contribution in [1.82, 2.24) is 14.7 Å². The fourth-order valence-electron chi connectivity index (χ4n) is 2.79. The zero-order valence-corrected chi connectivity index (χ0v) is 12.4. The van der Waals surface area contributed by atoms with E-state index in [1.54, 1.807) is 6.20 Å². The van der Waals surface area contributed by atoms with Crippen LogP contribution in [0.15, 0.2) is 16.9 Å². The Morgan fingerprint density at radius 2 is 2.28 bits per heavy atom. The highest BCUT2D eigenvalue weighted by Crippen LogP contribution is 2.39. The molecule has 0 saturated carbocycles. The Hall–Kier alpha value is -1.04. The smallest absolute Gasteiger partial charge is 0.407 e. The minimum atomic E-state index is -0.826. The minimum Gasteiger partial charge on any atom is -0.465 e. The molecule has 0 aromatic carbocycles. The van der Waals surface area contributed by atoms with Crippen molar-refractivity contribution < 1.29 is 9.90 Å². The molecule has 1 saturated heterocycles. The molecule has 0 bridgehead atoms. The molecule has 5 nitrogen and oxygen atoms in total. The average molecular weight is 316 g/mol. The molecule has 1 N–H and O–H groups in total. The maximum atomic E-state index is 11.1. The van der Waals surface area contributed by atoms with Gasteiger partial charge >= 0.3 is 6.09 Å². The highest BCUT2D eigenvalue weighted by atomic mass is 79.9. The van der Waals surface area contributed by atoms with E-state index in [1.165, 1.54) is 4.90 Å². The summed E-state index contributed by atoms with van der Waals surface area (Å²) in [7, 11) is 0. The molecule has 0 spiro atoms. The van der Waals surface area contributed by atoms with E-state index < -0.39 is 6.09 Å². The van der Waals surface area contributed by atoms with Crippen LogP contribution in [-0.4, -0.2) is 38.5 Å². The monoisotopic (exact) mass is 315 g/mol. The third-order valence-corrected chi connectivity index (χ3v) is 3.78. The Morgan fingerprint density at radius 3 is 2.72 bits per heavy atom. The van der Waals surface area contributed by atoms with E-state index in [0.29, 0.717) is 12.5 Å². The van der Waals surface area contributed by atoms with Crippen LogP contribution in [0, 0.1) is 11.3 Å². The fraction of sp³-hybridized carbons (Fsp3) is 0.667. The maximum Gasteiger partial charge on any atom is 0.407 e. The van der Waals surface area contributed by atoms with Crippen molar-refractivity contribution in [2.45, 2.75) is 33.4 Å². The van der Waals surface area contributed by atoms with Crippen molar-refractivity contribution in [2.75, 3.05) is 6.54 Å². The highest BCUT2D eigenvalue weighted by Gasteiger charge is 2.48. The molecule has 0 aliphatic carbocycles. The SMILES string of the molecule is CC(C)(C)C1C(Cn2cc(Br)cn2)CN1C(=O)O. The lowest BCUT2D eigenvalue weighted by Crippen LogP contribution is -2.64. The summed E-state index contributed by atoms with van der Waals surface area (Å²) in [5.41, 5.74) is -0.0499. The van der Waals surface area contributed by atoms with Crippen molar-refractivity contribution in [3.63, 3.8) is 0 Å². The van der Waals surface area contributed by atoms with Crippen LogP contribution in [0.4, 0.5) is 4.79 Å². The van der Waals surface area contributed by atoms with Crippen LogP contribution in [0.1, 0.15) is 20.8 Å². The van der Waals surface area contributed by atoms with E-state index in [4.69, 9.17) is 5.11 Å². The van der Waals surface area contributed by atoms with Crippen molar-refractivity contribution in [3.05, 3.63) is 16.9 Å². The third kappa shape index (κ3) is 2.53. The standard InChI is InChI=1S/C12H18BrN3O2/c1-12(2,3)10-8(6-16(10)11(17)18)5-15-7-9(13)4-14-15/h4,7-8,10H,5-6H2,1-3H3,(H,17,18). The Morgan fingerprint density at radius 1 is 1.61 bits per heavy atom. The van der Waals surface area contributed by atoms with Crippen molar-refractivity contribution in [2.24, 2.45) is 11.3 Å². The minimum absolute atomic E-state index is 0.0499. The number of halogens is 1. The Balaban J connectivity index is 2.08. The van der Waals surface area contributed by atoms with Gasteiger partial charge in [-0.25, -0.2) is 4.79 Å². The Labute approximate surface area is 115 Å². The first-order valence-electron chi connectivity index (χ1n) is 5.96. The van der Waals surface area contributed by atoms with Gasteiger partial charge in [0.05, 0.1) is 10.7 Å². The van der Waals surface area contributed by atoms with Gasteiger partial charge in [-0.3, -0.25) is 4.68 Å². The fourth-order valence-corrected chi connectivity index (χ4v) is 3.12. The summed E-state index contributed by atoms with van der Waals surface area (Å²) in [5.74, 6) is 0.327. The van der Waals surface area contributed by atoms with Gasteiger partial charge in [0.25, 0.3) is 0 Å². The van der Waals surface area contributed by atoms with Gasteiger partial charge in [-0.1, -0.05) is 20.8 Å². The first-order valence-corrected chi connectivity index (χ1v) is 6.76. The molecule has 1 aliphatic rings. The van der Waals surface area contributed by atoms with Gasteiger partial charge in [-0.05, 0) is 21.3 Å². The molecule has 1 aliphatic heterocycles. The number of likely N-dealkylation sites (tertiary alicyclic amines) is 1. The summed E-state index contributed by atoms with van der Waals surface area (Å²) >= 11 is 3.36. The maximum absolute atomic E-state index is 11.1. The van der Waals surface area contributed by atoms with Crippen LogP contribution in [-0.2, 0) is 6.54 Å². The molecule has 0 radical (unpaired) electrons. The zero-order chi connectivity index (χ0) is 13.5. The van der Waals surface area contributed by atoms with Crippen LogP contribution >= 0.6 is 15.9 Å². The second-order valence-corrected chi connectivity index (χ2v) is 6.80. The second-order valence-electron chi connectivity index (χ2n) is 5.89. The lowest BCUT2D eigenvalue weighted by atomic mass is 9.72. The van der Waals surface area contributed by atoms with Gasteiger partial charge in [0.2, 0.25) is 0 Å². The number of hydrogen-bond donors (Lipinski definition) is 1. The van der Waals surface area contributed by atoms with E-state index in [1.807, 2.05) is 10.9 Å². The second kappa shape index (κ2) is 4.57. The first-order chi connectivity index (χ1) is 8.29. The topological polar surface area (TPSA) is 58.4 Å². The van der Waals surface area contributed by atoms with E-state index in [0.717, 1.165) is 11.0 Å². The average Bonchev–Trinajstić information content (AvgIpc) is 2.54. The van der Waals surface area contributed by atoms with Gasteiger partial charge < -0.3 is 10.0 Å². The molecular weight excluding hydrogens is 298 g/mol. The van der Waals surface area contributed by atoms with Crippen molar-refractivity contribution in [3.8, 4) is 0 Å². The van der Waals surface area contributed by atoms with Crippen LogP contribution < -0.4 is 0 Å². The van der Waals surface area contributed by atoms with Crippen molar-refractivity contribution >= 4 is 22.0 Å². The molecule has 2 atom stereocenters. The number of carbonyl (C=O) groups is 1. The molecule has 100 valence electrons. The molecular formula is C12H18BrN3O2. The number of carboxylic acid groups (broad SMARTS) is 1. The number of amides is 1. The van der Waals surface area contributed by atoms with Gasteiger partial charge in [0.1, 0.15) is 0 Å². The summed E-state index contributed by atoms with van der Waals surface area (Å²) in [6.07, 6.45) is 2.84. The van der Waals surface area contributed by atoms with Gasteiger partial charge in [0.15, 0.2) is 0 Å². The lowest BCUT2D eigenvalue weighted by molar-refractivity contribution is -0.0425. The third-order valence-electron chi connectivity index (χ3n) is 3.37.